The number of furan rings is 1. The topological polar surface area (TPSA) is 127 Å². The Bertz CT molecular complexity index is 1360. The van der Waals surface area contributed by atoms with E-state index < -0.39 is 17.9 Å². The van der Waals surface area contributed by atoms with Gasteiger partial charge >= 0.3 is 12.0 Å². The van der Waals surface area contributed by atoms with Crippen molar-refractivity contribution < 1.29 is 33.1 Å². The Hall–Kier alpha value is -4.86. The zero-order valence-corrected chi connectivity index (χ0v) is 19.6. The van der Waals surface area contributed by atoms with Crippen molar-refractivity contribution in [2.24, 2.45) is 0 Å². The Kier molecular flexibility index (Phi) is 7.15. The lowest BCUT2D eigenvalue weighted by atomic mass is 10.1. The van der Waals surface area contributed by atoms with E-state index in [0.717, 1.165) is 10.5 Å². The third kappa shape index (κ3) is 5.44. The van der Waals surface area contributed by atoms with Gasteiger partial charge in [0, 0.05) is 11.3 Å². The van der Waals surface area contributed by atoms with Crippen molar-refractivity contribution in [2.75, 3.05) is 19.0 Å². The molecule has 0 bridgehead atoms. The summed E-state index contributed by atoms with van der Waals surface area (Å²) in [5.74, 6) is -1.02. The number of amides is 4. The summed E-state index contributed by atoms with van der Waals surface area (Å²) in [5.41, 5.74) is 2.14. The zero-order valence-electron chi connectivity index (χ0n) is 19.6. The van der Waals surface area contributed by atoms with Gasteiger partial charge in [0.25, 0.3) is 11.8 Å². The molecule has 2 aromatic carbocycles. The van der Waals surface area contributed by atoms with E-state index in [4.69, 9.17) is 9.15 Å². The quantitative estimate of drug-likeness (QED) is 0.282. The van der Waals surface area contributed by atoms with Crippen LogP contribution in [0.4, 0.5) is 10.5 Å². The van der Waals surface area contributed by atoms with Gasteiger partial charge in [0.05, 0.1) is 13.7 Å². The summed E-state index contributed by atoms with van der Waals surface area (Å²) in [6, 6.07) is 16.5. The predicted molar refractivity (Wildman–Crippen MR) is 129 cm³/mol. The fourth-order valence-corrected chi connectivity index (χ4v) is 3.47. The molecule has 1 aliphatic rings. The number of benzene rings is 2. The van der Waals surface area contributed by atoms with Crippen LogP contribution in [0.2, 0.25) is 0 Å². The largest absolute Gasteiger partial charge is 0.483 e. The molecule has 1 saturated heterocycles. The number of nitrogens with zero attached hydrogens (tertiary/aromatic N) is 1. The third-order valence-corrected chi connectivity index (χ3v) is 5.32. The molecule has 10 heteroatoms. The number of nitrogens with one attached hydrogen (secondary N) is 2. The number of para-hydroxylation sites is 2. The van der Waals surface area contributed by atoms with Gasteiger partial charge in [0.1, 0.15) is 17.2 Å². The Morgan fingerprint density at radius 3 is 2.58 bits per heavy atom. The van der Waals surface area contributed by atoms with E-state index in [2.05, 4.69) is 15.4 Å². The second-order valence-corrected chi connectivity index (χ2v) is 7.83. The molecule has 10 nitrogen and oxygen atoms in total. The standard InChI is InChI=1S/C26H23N3O7/c1-16-7-3-5-9-19(16)27-23(30)15-35-21-10-6-4-8-17(21)13-20-24(31)29(26(33)28-20)14-18-11-12-22(36-18)25(32)34-2/h3-13H,14-15H2,1-2H3,(H,27,30)(H,28,33). The number of anilines is 1. The second-order valence-electron chi connectivity index (χ2n) is 7.83. The zero-order chi connectivity index (χ0) is 25.7. The number of esters is 1. The van der Waals surface area contributed by atoms with Crippen molar-refractivity contribution >= 4 is 35.6 Å². The molecular weight excluding hydrogens is 466 g/mol. The first-order valence-electron chi connectivity index (χ1n) is 10.9. The van der Waals surface area contributed by atoms with Crippen LogP contribution in [0.25, 0.3) is 6.08 Å². The van der Waals surface area contributed by atoms with E-state index in [0.29, 0.717) is 17.0 Å². The van der Waals surface area contributed by atoms with Crippen LogP contribution in [-0.2, 0) is 20.9 Å². The van der Waals surface area contributed by atoms with Crippen LogP contribution in [0.3, 0.4) is 0 Å². The summed E-state index contributed by atoms with van der Waals surface area (Å²) in [6.07, 6.45) is 1.47. The van der Waals surface area contributed by atoms with Gasteiger partial charge < -0.3 is 24.5 Å². The lowest BCUT2D eigenvalue weighted by Crippen LogP contribution is -2.30. The molecule has 0 atom stereocenters. The molecule has 0 unspecified atom stereocenters. The molecule has 0 aliphatic carbocycles. The summed E-state index contributed by atoms with van der Waals surface area (Å²) < 4.78 is 15.6. The summed E-state index contributed by atoms with van der Waals surface area (Å²) >= 11 is 0. The fourth-order valence-electron chi connectivity index (χ4n) is 3.47. The molecule has 2 heterocycles. The van der Waals surface area contributed by atoms with Crippen molar-refractivity contribution in [1.29, 1.82) is 0 Å². The molecule has 1 aliphatic heterocycles. The molecule has 1 aromatic heterocycles. The molecule has 0 spiro atoms. The molecular formula is C26H23N3O7. The van der Waals surface area contributed by atoms with Crippen molar-refractivity contribution in [2.45, 2.75) is 13.5 Å². The Balaban J connectivity index is 1.44. The van der Waals surface area contributed by atoms with Gasteiger partial charge in [-0.3, -0.25) is 14.5 Å². The number of urea groups is 1. The number of rotatable bonds is 8. The minimum Gasteiger partial charge on any atom is -0.483 e. The maximum atomic E-state index is 12.9. The number of hydrogen-bond acceptors (Lipinski definition) is 7. The van der Waals surface area contributed by atoms with Crippen molar-refractivity contribution in [1.82, 2.24) is 10.2 Å². The number of hydrogen-bond donors (Lipinski definition) is 2. The van der Waals surface area contributed by atoms with Crippen molar-refractivity contribution in [3.8, 4) is 5.75 Å². The number of imide groups is 1. The SMILES string of the molecule is COC(=O)c1ccc(CN2C(=O)NC(=Cc3ccccc3OCC(=O)Nc3ccccc3C)C2=O)o1. The van der Waals surface area contributed by atoms with Gasteiger partial charge in [0.15, 0.2) is 6.61 Å². The number of ether oxygens (including phenoxy) is 2. The van der Waals surface area contributed by atoms with Gasteiger partial charge in [-0.05, 0) is 42.8 Å². The Morgan fingerprint density at radius 1 is 1.06 bits per heavy atom. The first-order chi connectivity index (χ1) is 17.4. The lowest BCUT2D eigenvalue weighted by Gasteiger charge is -2.11. The highest BCUT2D eigenvalue weighted by Crippen LogP contribution is 2.24. The van der Waals surface area contributed by atoms with Crippen LogP contribution in [0.1, 0.15) is 27.4 Å². The Morgan fingerprint density at radius 2 is 1.81 bits per heavy atom. The first-order valence-corrected chi connectivity index (χ1v) is 10.9. The molecule has 0 saturated carbocycles. The second kappa shape index (κ2) is 10.6. The van der Waals surface area contributed by atoms with Gasteiger partial charge in [-0.25, -0.2) is 9.59 Å². The predicted octanol–water partition coefficient (Wildman–Crippen LogP) is 3.49. The Labute approximate surface area is 206 Å². The minimum absolute atomic E-state index is 0.0279. The van der Waals surface area contributed by atoms with Gasteiger partial charge in [-0.1, -0.05) is 36.4 Å². The van der Waals surface area contributed by atoms with Crippen LogP contribution < -0.4 is 15.4 Å². The maximum absolute atomic E-state index is 12.9. The molecule has 2 N–H and O–H groups in total. The number of carbonyl (C=O) groups excluding carboxylic acids is 4. The summed E-state index contributed by atoms with van der Waals surface area (Å²) in [5, 5.41) is 5.32. The summed E-state index contributed by atoms with van der Waals surface area (Å²) in [6.45, 7) is 1.47. The average Bonchev–Trinajstić information content (AvgIpc) is 3.45. The molecule has 1 fully saturated rings. The van der Waals surface area contributed by atoms with Crippen LogP contribution in [0.5, 0.6) is 5.75 Å². The molecule has 36 heavy (non-hydrogen) atoms. The summed E-state index contributed by atoms with van der Waals surface area (Å²) in [7, 11) is 1.22. The fraction of sp³-hybridized carbons (Fsp3) is 0.154. The monoisotopic (exact) mass is 489 g/mol. The van der Waals surface area contributed by atoms with Gasteiger partial charge in [0.2, 0.25) is 5.76 Å². The first kappa shape index (κ1) is 24.3. The van der Waals surface area contributed by atoms with E-state index >= 15 is 0 Å². The van der Waals surface area contributed by atoms with E-state index in [1.165, 1.54) is 25.3 Å². The van der Waals surface area contributed by atoms with Gasteiger partial charge in [-0.15, -0.1) is 0 Å². The smallest absolute Gasteiger partial charge is 0.373 e. The lowest BCUT2D eigenvalue weighted by molar-refractivity contribution is -0.123. The maximum Gasteiger partial charge on any atom is 0.373 e. The van der Waals surface area contributed by atoms with Crippen molar-refractivity contribution in [3.05, 3.63) is 89.0 Å². The average molecular weight is 489 g/mol. The summed E-state index contributed by atoms with van der Waals surface area (Å²) in [4.78, 5) is 50.2. The number of carbonyl (C=O) groups is 4. The van der Waals surface area contributed by atoms with Crippen molar-refractivity contribution in [3.63, 3.8) is 0 Å². The van der Waals surface area contributed by atoms with Crippen LogP contribution in [-0.4, -0.2) is 42.4 Å². The minimum atomic E-state index is -0.664. The van der Waals surface area contributed by atoms with Crippen LogP contribution in [0, 0.1) is 6.92 Å². The molecule has 184 valence electrons. The van der Waals surface area contributed by atoms with E-state index in [1.54, 1.807) is 30.3 Å². The number of methoxy groups -OCH3 is 1. The highest BCUT2D eigenvalue weighted by molar-refractivity contribution is 6.14. The number of aryl methyl sites for hydroxylation is 1. The third-order valence-electron chi connectivity index (χ3n) is 5.32. The molecule has 4 amide bonds. The highest BCUT2D eigenvalue weighted by atomic mass is 16.5. The van der Waals surface area contributed by atoms with Gasteiger partial charge in [-0.2, -0.15) is 0 Å². The highest BCUT2D eigenvalue weighted by Gasteiger charge is 2.34. The van der Waals surface area contributed by atoms with Crippen LogP contribution in [0.15, 0.2) is 70.8 Å². The molecule has 3 aromatic rings. The van der Waals surface area contributed by atoms with E-state index in [9.17, 15) is 19.2 Å². The normalized spacial score (nSPS) is 14.1. The molecule has 0 radical (unpaired) electrons. The molecule has 4 rings (SSSR count). The van der Waals surface area contributed by atoms with E-state index in [-0.39, 0.29) is 36.3 Å². The van der Waals surface area contributed by atoms with Crippen LogP contribution >= 0.6 is 0 Å². The van der Waals surface area contributed by atoms with E-state index in [1.807, 2.05) is 25.1 Å².